The molecule has 0 atom stereocenters. The summed E-state index contributed by atoms with van der Waals surface area (Å²) < 4.78 is 199. The summed E-state index contributed by atoms with van der Waals surface area (Å²) in [5.41, 5.74) is 4.19. The Morgan fingerprint density at radius 1 is 0.697 bits per heavy atom. The molecule has 0 aliphatic rings. The van der Waals surface area contributed by atoms with Crippen molar-refractivity contribution >= 4 is 11.7 Å². The lowest BCUT2D eigenvalue weighted by atomic mass is 9.91. The Kier molecular flexibility index (Phi) is 6.93. The minimum Gasteiger partial charge on any atom is -0.455 e. The lowest BCUT2D eigenvalue weighted by Gasteiger charge is -2.41. The third-order valence-electron chi connectivity index (χ3n) is 3.90. The highest BCUT2D eigenvalue weighted by Gasteiger charge is 2.93. The van der Waals surface area contributed by atoms with Gasteiger partial charge in [-0.3, -0.25) is 0 Å². The van der Waals surface area contributed by atoms with Crippen molar-refractivity contribution in [1.82, 2.24) is 0 Å². The van der Waals surface area contributed by atoms with E-state index in [1.54, 1.807) is 0 Å². The SMILES string of the molecule is Nc1cccc(C(=O)OCC(F)(F)C(F)(F)C(F)(F)C(F)(F)C(F)(F)C(F)(F)C(F)(F)F)c1. The van der Waals surface area contributed by atoms with E-state index in [-0.39, 0.29) is 5.69 Å². The largest absolute Gasteiger partial charge is 0.460 e. The summed E-state index contributed by atoms with van der Waals surface area (Å²) in [5, 5.41) is 0. The zero-order valence-corrected chi connectivity index (χ0v) is 15.1. The summed E-state index contributed by atoms with van der Waals surface area (Å²) in [7, 11) is 0. The number of esters is 1. The third-order valence-corrected chi connectivity index (χ3v) is 3.90. The molecule has 190 valence electrons. The molecule has 0 aromatic heterocycles. The topological polar surface area (TPSA) is 52.3 Å². The van der Waals surface area contributed by atoms with Crippen LogP contribution in [0.3, 0.4) is 0 Å². The molecule has 0 fully saturated rings. The minimum atomic E-state index is -8.40. The van der Waals surface area contributed by atoms with Crippen molar-refractivity contribution in [1.29, 1.82) is 0 Å². The molecule has 0 amide bonds. The fourth-order valence-electron chi connectivity index (χ4n) is 2.00. The van der Waals surface area contributed by atoms with E-state index in [1.165, 1.54) is 0 Å². The number of alkyl halides is 15. The zero-order valence-electron chi connectivity index (χ0n) is 15.1. The second-order valence-electron chi connectivity index (χ2n) is 6.28. The van der Waals surface area contributed by atoms with Gasteiger partial charge in [-0.1, -0.05) is 6.07 Å². The molecule has 33 heavy (non-hydrogen) atoms. The van der Waals surface area contributed by atoms with Crippen molar-refractivity contribution in [3.05, 3.63) is 29.8 Å². The Morgan fingerprint density at radius 2 is 1.12 bits per heavy atom. The van der Waals surface area contributed by atoms with Crippen LogP contribution in [0, 0.1) is 0 Å². The van der Waals surface area contributed by atoms with Gasteiger partial charge in [0, 0.05) is 5.69 Å². The number of rotatable bonds is 8. The first-order valence-electron chi connectivity index (χ1n) is 7.75. The van der Waals surface area contributed by atoms with Gasteiger partial charge in [-0.15, -0.1) is 0 Å². The second kappa shape index (κ2) is 8.03. The van der Waals surface area contributed by atoms with E-state index in [4.69, 9.17) is 5.73 Å². The van der Waals surface area contributed by atoms with E-state index < -0.39 is 59.9 Å². The molecule has 1 aromatic rings. The fourth-order valence-corrected chi connectivity index (χ4v) is 2.00. The smallest absolute Gasteiger partial charge is 0.455 e. The van der Waals surface area contributed by atoms with Crippen LogP contribution in [0.25, 0.3) is 0 Å². The molecular weight excluding hydrogens is 511 g/mol. The maximum absolute atomic E-state index is 13.6. The van der Waals surface area contributed by atoms with Crippen LogP contribution in [0.2, 0.25) is 0 Å². The lowest BCUT2D eigenvalue weighted by molar-refractivity contribution is -0.453. The predicted molar refractivity (Wildman–Crippen MR) is 76.9 cm³/mol. The van der Waals surface area contributed by atoms with Crippen molar-refractivity contribution in [3.8, 4) is 0 Å². The average molecular weight is 519 g/mol. The summed E-state index contributed by atoms with van der Waals surface area (Å²) >= 11 is 0. The van der Waals surface area contributed by atoms with Crippen molar-refractivity contribution in [2.75, 3.05) is 12.3 Å². The van der Waals surface area contributed by atoms with Gasteiger partial charge in [0.1, 0.15) is 0 Å². The van der Waals surface area contributed by atoms with Crippen LogP contribution >= 0.6 is 0 Å². The van der Waals surface area contributed by atoms with Crippen LogP contribution in [0.4, 0.5) is 71.5 Å². The number of nitrogen functional groups attached to an aromatic ring is 1. The molecule has 0 bridgehead atoms. The number of nitrogens with two attached hydrogens (primary N) is 1. The number of hydrogen-bond donors (Lipinski definition) is 1. The van der Waals surface area contributed by atoms with Crippen molar-refractivity contribution in [3.63, 3.8) is 0 Å². The van der Waals surface area contributed by atoms with Gasteiger partial charge in [-0.05, 0) is 18.2 Å². The number of hydrogen-bond acceptors (Lipinski definition) is 3. The standard InChI is InChI=1S/C15H8F15NO2/c16-9(17,5-33-8(32)6-2-1-3-7(31)4-6)10(18,19)11(20,21)12(22,23)13(24,25)14(26,27)15(28,29)30/h1-4H,5,31H2. The highest BCUT2D eigenvalue weighted by Crippen LogP contribution is 2.62. The molecule has 2 N–H and O–H groups in total. The Hall–Kier alpha value is -2.56. The van der Waals surface area contributed by atoms with Gasteiger partial charge < -0.3 is 10.5 Å². The van der Waals surface area contributed by atoms with Gasteiger partial charge in [0.15, 0.2) is 6.61 Å². The van der Waals surface area contributed by atoms with Gasteiger partial charge >= 0.3 is 47.7 Å². The fraction of sp³-hybridized carbons (Fsp3) is 0.533. The van der Waals surface area contributed by atoms with E-state index in [0.717, 1.165) is 18.2 Å². The van der Waals surface area contributed by atoms with Crippen LogP contribution in [0.1, 0.15) is 10.4 Å². The third kappa shape index (κ3) is 4.34. The number of ether oxygens (including phenoxy) is 1. The van der Waals surface area contributed by atoms with E-state index >= 15 is 0 Å². The van der Waals surface area contributed by atoms with Crippen molar-refractivity contribution in [2.45, 2.75) is 41.7 Å². The predicted octanol–water partition coefficient (Wildman–Crippen LogP) is 5.80. The van der Waals surface area contributed by atoms with Crippen LogP contribution in [0.15, 0.2) is 24.3 Å². The number of halogens is 15. The number of carbonyl (C=O) groups is 1. The first-order valence-corrected chi connectivity index (χ1v) is 7.75. The molecule has 18 heteroatoms. The van der Waals surface area contributed by atoms with E-state index in [1.807, 2.05) is 0 Å². The maximum atomic E-state index is 13.6. The number of anilines is 1. The molecule has 3 nitrogen and oxygen atoms in total. The van der Waals surface area contributed by atoms with E-state index in [2.05, 4.69) is 4.74 Å². The lowest BCUT2D eigenvalue weighted by Crippen LogP contribution is -2.73. The molecule has 0 saturated carbocycles. The van der Waals surface area contributed by atoms with Gasteiger partial charge in [0.2, 0.25) is 0 Å². The van der Waals surface area contributed by atoms with E-state index in [9.17, 15) is 70.7 Å². The summed E-state index contributed by atoms with van der Waals surface area (Å²) in [6.07, 6.45) is -7.68. The number of benzene rings is 1. The second-order valence-corrected chi connectivity index (χ2v) is 6.28. The molecule has 0 radical (unpaired) electrons. The molecule has 0 aliphatic heterocycles. The molecule has 0 saturated heterocycles. The first kappa shape index (κ1) is 28.5. The Bertz CT molecular complexity index is 878. The molecule has 0 spiro atoms. The molecule has 0 aliphatic carbocycles. The van der Waals surface area contributed by atoms with Gasteiger partial charge in [-0.25, -0.2) is 4.79 Å². The van der Waals surface area contributed by atoms with Gasteiger partial charge in [0.25, 0.3) is 0 Å². The maximum Gasteiger partial charge on any atom is 0.460 e. The number of carbonyl (C=O) groups excluding carboxylic acids is 1. The summed E-state index contributed by atoms with van der Waals surface area (Å²) in [6.45, 7) is -3.21. The molecule has 0 heterocycles. The van der Waals surface area contributed by atoms with Crippen molar-refractivity contribution < 1.29 is 75.4 Å². The van der Waals surface area contributed by atoms with Gasteiger partial charge in [-0.2, -0.15) is 65.9 Å². The minimum absolute atomic E-state index is 0.236. The summed E-state index contributed by atoms with van der Waals surface area (Å²) in [6, 6.07) is 3.54. The monoisotopic (exact) mass is 519 g/mol. The molecule has 1 rings (SSSR count). The van der Waals surface area contributed by atoms with Crippen molar-refractivity contribution in [2.24, 2.45) is 0 Å². The van der Waals surface area contributed by atoms with Crippen LogP contribution in [-0.2, 0) is 4.74 Å². The summed E-state index contributed by atoms with van der Waals surface area (Å²) in [4.78, 5) is 11.5. The molecule has 0 unspecified atom stereocenters. The normalized spacial score (nSPS) is 14.9. The van der Waals surface area contributed by atoms with Crippen LogP contribution in [-0.4, -0.2) is 54.3 Å². The quantitative estimate of drug-likeness (QED) is 0.269. The first-order chi connectivity index (χ1) is 14.4. The highest BCUT2D eigenvalue weighted by molar-refractivity contribution is 5.90. The Labute approximate surface area is 172 Å². The Morgan fingerprint density at radius 3 is 1.55 bits per heavy atom. The molecule has 1 aromatic carbocycles. The zero-order chi connectivity index (χ0) is 26.5. The van der Waals surface area contributed by atoms with Crippen LogP contribution in [0.5, 0.6) is 0 Å². The van der Waals surface area contributed by atoms with Crippen LogP contribution < -0.4 is 5.73 Å². The van der Waals surface area contributed by atoms with Gasteiger partial charge in [0.05, 0.1) is 5.56 Å². The highest BCUT2D eigenvalue weighted by atomic mass is 19.4. The average Bonchev–Trinajstić information content (AvgIpc) is 2.64. The Balaban J connectivity index is 3.32. The summed E-state index contributed by atoms with van der Waals surface area (Å²) in [5.74, 6) is -49.4. The molecular formula is C15H8F15NO2. The van der Waals surface area contributed by atoms with E-state index in [0.29, 0.717) is 6.07 Å².